The summed E-state index contributed by atoms with van der Waals surface area (Å²) in [4.78, 5) is 14.6. The van der Waals surface area contributed by atoms with E-state index in [-0.39, 0.29) is 24.7 Å². The Morgan fingerprint density at radius 2 is 1.85 bits per heavy atom. The number of amides is 1. The monoisotopic (exact) mass is 429 g/mol. The molecule has 0 bridgehead atoms. The molecule has 1 N–H and O–H groups in total. The standard InChI is InChI=1S/C21H20BrNO4/c1-15(27-18-10-8-17(22)9-11-18)21(25)23(14-19-6-4-12-26-19)13-16-5-2-3-7-20(16)24/h2-12,15,24H,13-14H2,1H3. The predicted octanol–water partition coefficient (Wildman–Crippen LogP) is 4.74. The molecular weight excluding hydrogens is 410 g/mol. The molecule has 140 valence electrons. The van der Waals surface area contributed by atoms with Gasteiger partial charge < -0.3 is 19.2 Å². The third-order valence-electron chi connectivity index (χ3n) is 4.07. The summed E-state index contributed by atoms with van der Waals surface area (Å²) in [5, 5.41) is 10.1. The van der Waals surface area contributed by atoms with Gasteiger partial charge in [0, 0.05) is 16.6 Å². The van der Waals surface area contributed by atoms with E-state index >= 15 is 0 Å². The SMILES string of the molecule is CC(Oc1ccc(Br)cc1)C(=O)N(Cc1ccco1)Cc1ccccc1O. The van der Waals surface area contributed by atoms with Crippen molar-refractivity contribution in [3.63, 3.8) is 0 Å². The van der Waals surface area contributed by atoms with E-state index < -0.39 is 6.10 Å². The zero-order valence-corrected chi connectivity index (χ0v) is 16.4. The van der Waals surface area contributed by atoms with E-state index in [1.54, 1.807) is 54.5 Å². The molecule has 3 rings (SSSR count). The average Bonchev–Trinajstić information content (AvgIpc) is 3.17. The molecule has 1 amide bonds. The zero-order valence-electron chi connectivity index (χ0n) is 14.8. The Bertz CT molecular complexity index is 877. The Labute approximate surface area is 166 Å². The van der Waals surface area contributed by atoms with Gasteiger partial charge in [0.2, 0.25) is 0 Å². The van der Waals surface area contributed by atoms with Gasteiger partial charge in [-0.05, 0) is 49.4 Å². The number of furan rings is 1. The van der Waals surface area contributed by atoms with Crippen LogP contribution >= 0.6 is 15.9 Å². The Morgan fingerprint density at radius 3 is 2.52 bits per heavy atom. The molecule has 0 saturated carbocycles. The maximum absolute atomic E-state index is 13.0. The Balaban J connectivity index is 1.76. The van der Waals surface area contributed by atoms with Crippen LogP contribution in [-0.2, 0) is 17.9 Å². The van der Waals surface area contributed by atoms with Gasteiger partial charge in [-0.15, -0.1) is 0 Å². The average molecular weight is 430 g/mol. The van der Waals surface area contributed by atoms with E-state index in [9.17, 15) is 9.90 Å². The molecule has 2 aromatic carbocycles. The fourth-order valence-corrected chi connectivity index (χ4v) is 2.94. The number of para-hydroxylation sites is 1. The van der Waals surface area contributed by atoms with Crippen molar-refractivity contribution in [2.75, 3.05) is 0 Å². The van der Waals surface area contributed by atoms with Crippen LogP contribution in [0.2, 0.25) is 0 Å². The second-order valence-electron chi connectivity index (χ2n) is 6.12. The van der Waals surface area contributed by atoms with Crippen LogP contribution in [0.4, 0.5) is 0 Å². The van der Waals surface area contributed by atoms with Gasteiger partial charge >= 0.3 is 0 Å². The molecule has 5 nitrogen and oxygen atoms in total. The lowest BCUT2D eigenvalue weighted by Crippen LogP contribution is -2.39. The van der Waals surface area contributed by atoms with Crippen molar-refractivity contribution in [3.05, 3.63) is 82.7 Å². The van der Waals surface area contributed by atoms with Crippen LogP contribution in [0.1, 0.15) is 18.2 Å². The summed E-state index contributed by atoms with van der Waals surface area (Å²) < 4.78 is 12.1. The quantitative estimate of drug-likeness (QED) is 0.588. The third kappa shape index (κ3) is 5.14. The molecule has 1 atom stereocenters. The molecule has 27 heavy (non-hydrogen) atoms. The number of aromatic hydroxyl groups is 1. The van der Waals surface area contributed by atoms with Crippen LogP contribution < -0.4 is 4.74 Å². The molecule has 1 unspecified atom stereocenters. The molecule has 0 spiro atoms. The number of ether oxygens (including phenoxy) is 1. The first kappa shape index (κ1) is 19.0. The summed E-state index contributed by atoms with van der Waals surface area (Å²) in [6, 6.07) is 17.9. The summed E-state index contributed by atoms with van der Waals surface area (Å²) in [5.41, 5.74) is 0.660. The maximum atomic E-state index is 13.0. The van der Waals surface area contributed by atoms with E-state index in [1.165, 1.54) is 0 Å². The van der Waals surface area contributed by atoms with Crippen molar-refractivity contribution in [3.8, 4) is 11.5 Å². The number of carbonyl (C=O) groups excluding carboxylic acids is 1. The highest BCUT2D eigenvalue weighted by Gasteiger charge is 2.24. The number of carbonyl (C=O) groups is 1. The smallest absolute Gasteiger partial charge is 0.264 e. The number of phenolic OH excluding ortho intramolecular Hbond substituents is 1. The molecule has 1 aromatic heterocycles. The molecule has 3 aromatic rings. The molecule has 0 aliphatic carbocycles. The summed E-state index contributed by atoms with van der Waals surface area (Å²) in [6.45, 7) is 2.25. The topological polar surface area (TPSA) is 62.9 Å². The molecular formula is C21H20BrNO4. The first-order valence-electron chi connectivity index (χ1n) is 8.53. The van der Waals surface area contributed by atoms with Gasteiger partial charge in [0.15, 0.2) is 6.10 Å². The van der Waals surface area contributed by atoms with Crippen LogP contribution in [0.25, 0.3) is 0 Å². The third-order valence-corrected chi connectivity index (χ3v) is 4.59. The fourth-order valence-electron chi connectivity index (χ4n) is 2.68. The van der Waals surface area contributed by atoms with Crippen LogP contribution in [-0.4, -0.2) is 22.0 Å². The summed E-state index contributed by atoms with van der Waals surface area (Å²) >= 11 is 3.38. The molecule has 1 heterocycles. The first-order valence-corrected chi connectivity index (χ1v) is 9.32. The van der Waals surface area contributed by atoms with E-state index in [1.807, 2.05) is 24.3 Å². The number of hydrogen-bond donors (Lipinski definition) is 1. The minimum atomic E-state index is -0.688. The zero-order chi connectivity index (χ0) is 19.2. The van der Waals surface area contributed by atoms with Crippen LogP contribution in [0, 0.1) is 0 Å². The Hall–Kier alpha value is -2.73. The van der Waals surface area contributed by atoms with Crippen molar-refractivity contribution < 1.29 is 19.1 Å². The lowest BCUT2D eigenvalue weighted by molar-refractivity contribution is -0.139. The van der Waals surface area contributed by atoms with Gasteiger partial charge in [-0.1, -0.05) is 34.1 Å². The van der Waals surface area contributed by atoms with Crippen molar-refractivity contribution >= 4 is 21.8 Å². The number of nitrogens with zero attached hydrogens (tertiary/aromatic N) is 1. The minimum Gasteiger partial charge on any atom is -0.508 e. The van der Waals surface area contributed by atoms with Crippen molar-refractivity contribution in [2.45, 2.75) is 26.1 Å². The van der Waals surface area contributed by atoms with Crippen molar-refractivity contribution in [1.82, 2.24) is 4.90 Å². The lowest BCUT2D eigenvalue weighted by Gasteiger charge is -2.26. The fraction of sp³-hybridized carbons (Fsp3) is 0.190. The summed E-state index contributed by atoms with van der Waals surface area (Å²) in [6.07, 6.45) is 0.881. The summed E-state index contributed by atoms with van der Waals surface area (Å²) in [7, 11) is 0. The van der Waals surface area contributed by atoms with Crippen molar-refractivity contribution in [2.24, 2.45) is 0 Å². The molecule has 6 heteroatoms. The maximum Gasteiger partial charge on any atom is 0.264 e. The van der Waals surface area contributed by atoms with Gasteiger partial charge in [-0.2, -0.15) is 0 Å². The van der Waals surface area contributed by atoms with E-state index in [0.717, 1.165) is 4.47 Å². The largest absolute Gasteiger partial charge is 0.508 e. The predicted molar refractivity (Wildman–Crippen MR) is 105 cm³/mol. The Morgan fingerprint density at radius 1 is 1.11 bits per heavy atom. The highest BCUT2D eigenvalue weighted by Crippen LogP contribution is 2.22. The first-order chi connectivity index (χ1) is 13.0. The molecule has 0 saturated heterocycles. The van der Waals surface area contributed by atoms with Crippen LogP contribution in [0.5, 0.6) is 11.5 Å². The van der Waals surface area contributed by atoms with E-state index in [4.69, 9.17) is 9.15 Å². The Kier molecular flexibility index (Phi) is 6.19. The van der Waals surface area contributed by atoms with Crippen LogP contribution in [0.15, 0.2) is 75.8 Å². The van der Waals surface area contributed by atoms with Crippen LogP contribution in [0.3, 0.4) is 0 Å². The van der Waals surface area contributed by atoms with Gasteiger partial charge in [0.25, 0.3) is 5.91 Å². The number of hydrogen-bond acceptors (Lipinski definition) is 4. The van der Waals surface area contributed by atoms with Crippen molar-refractivity contribution in [1.29, 1.82) is 0 Å². The molecule has 0 aliphatic heterocycles. The lowest BCUT2D eigenvalue weighted by atomic mass is 10.1. The van der Waals surface area contributed by atoms with E-state index in [0.29, 0.717) is 17.1 Å². The van der Waals surface area contributed by atoms with E-state index in [2.05, 4.69) is 15.9 Å². The van der Waals surface area contributed by atoms with Gasteiger partial charge in [0.05, 0.1) is 12.8 Å². The normalized spacial score (nSPS) is 11.8. The highest BCUT2D eigenvalue weighted by atomic mass is 79.9. The highest BCUT2D eigenvalue weighted by molar-refractivity contribution is 9.10. The number of phenols is 1. The number of halogens is 1. The number of benzene rings is 2. The second kappa shape index (κ2) is 8.77. The van der Waals surface area contributed by atoms with Gasteiger partial charge in [0.1, 0.15) is 17.3 Å². The molecule has 0 fully saturated rings. The molecule has 0 radical (unpaired) electrons. The van der Waals surface area contributed by atoms with Gasteiger partial charge in [-0.3, -0.25) is 4.79 Å². The van der Waals surface area contributed by atoms with Gasteiger partial charge in [-0.25, -0.2) is 0 Å². The summed E-state index contributed by atoms with van der Waals surface area (Å²) in [5.74, 6) is 1.22. The molecule has 0 aliphatic rings. The minimum absolute atomic E-state index is 0.149. The number of rotatable bonds is 7. The second-order valence-corrected chi connectivity index (χ2v) is 7.03.